The van der Waals surface area contributed by atoms with Crippen molar-refractivity contribution < 1.29 is 19.1 Å². The number of fused-ring (bicyclic) bond motifs is 1. The van der Waals surface area contributed by atoms with Gasteiger partial charge < -0.3 is 15.0 Å². The number of para-hydroxylation sites is 1. The van der Waals surface area contributed by atoms with Crippen LogP contribution in [0.15, 0.2) is 77.9 Å². The number of benzene rings is 2. The quantitative estimate of drug-likeness (QED) is 0.483. The lowest BCUT2D eigenvalue weighted by molar-refractivity contribution is -0.129. The molecule has 1 aliphatic rings. The summed E-state index contributed by atoms with van der Waals surface area (Å²) >= 11 is 0. The van der Waals surface area contributed by atoms with Gasteiger partial charge in [-0.1, -0.05) is 43.3 Å². The van der Waals surface area contributed by atoms with E-state index in [4.69, 9.17) is 9.73 Å². The molecule has 1 N–H and O–H groups in total. The van der Waals surface area contributed by atoms with E-state index in [0.29, 0.717) is 28.3 Å². The molecular weight excluding hydrogens is 468 g/mol. The zero-order valence-electron chi connectivity index (χ0n) is 21.2. The van der Waals surface area contributed by atoms with E-state index in [-0.39, 0.29) is 24.7 Å². The van der Waals surface area contributed by atoms with E-state index < -0.39 is 18.1 Å². The molecule has 190 valence electrons. The summed E-state index contributed by atoms with van der Waals surface area (Å²) in [5.41, 5.74) is 4.00. The fraction of sp³-hybridized carbons (Fsp3) is 0.276. The van der Waals surface area contributed by atoms with Crippen LogP contribution in [0.1, 0.15) is 37.1 Å². The lowest BCUT2D eigenvalue weighted by Gasteiger charge is -2.25. The van der Waals surface area contributed by atoms with Gasteiger partial charge in [0.1, 0.15) is 12.1 Å². The maximum atomic E-state index is 13.8. The number of carbonyl (C=O) groups excluding carboxylic acids is 3. The number of Topliss-reactive ketones (excluding diaryl/α,β-unsaturated/α-hetero) is 1. The van der Waals surface area contributed by atoms with Crippen LogP contribution in [0.3, 0.4) is 0 Å². The monoisotopic (exact) mass is 498 g/mol. The number of rotatable bonds is 9. The molecule has 37 heavy (non-hydrogen) atoms. The minimum Gasteiger partial charge on any atom is -0.374 e. The summed E-state index contributed by atoms with van der Waals surface area (Å²) < 4.78 is 5.18. The number of amides is 2. The number of benzodiazepines with no additional fused rings is 1. The first-order valence-electron chi connectivity index (χ1n) is 12.3. The Hall–Kier alpha value is -4.17. The number of nitrogens with zero attached hydrogens (tertiary/aromatic N) is 3. The first kappa shape index (κ1) is 25.9. The molecule has 2 unspecified atom stereocenters. The molecule has 4 rings (SSSR count). The van der Waals surface area contributed by atoms with E-state index in [2.05, 4.69) is 10.3 Å². The van der Waals surface area contributed by atoms with Crippen LogP contribution in [-0.2, 0) is 25.5 Å². The van der Waals surface area contributed by atoms with Gasteiger partial charge in [-0.15, -0.1) is 0 Å². The second kappa shape index (κ2) is 11.7. The van der Waals surface area contributed by atoms with Crippen molar-refractivity contribution in [1.82, 2.24) is 4.98 Å². The van der Waals surface area contributed by atoms with Crippen LogP contribution >= 0.6 is 0 Å². The second-order valence-electron chi connectivity index (χ2n) is 8.80. The minimum absolute atomic E-state index is 0.190. The maximum absolute atomic E-state index is 13.8. The van der Waals surface area contributed by atoms with Gasteiger partial charge >= 0.3 is 0 Å². The molecule has 0 saturated carbocycles. The molecule has 0 spiro atoms. The van der Waals surface area contributed by atoms with Gasteiger partial charge in [0.25, 0.3) is 5.91 Å². The molecule has 3 aromatic rings. The van der Waals surface area contributed by atoms with E-state index >= 15 is 0 Å². The molecule has 8 heteroatoms. The predicted octanol–water partition coefficient (Wildman–Crippen LogP) is 3.83. The van der Waals surface area contributed by atoms with Gasteiger partial charge in [-0.25, -0.2) is 0 Å². The van der Waals surface area contributed by atoms with Crippen molar-refractivity contribution in [3.63, 3.8) is 0 Å². The standard InChI is InChI=1S/C29H30N4O4/c1-4-20-10-9-11-21(16-20)31-27(35)17-24-29(36)33(18-26(34)19(2)37-3)25-14-6-5-12-22(25)28(32-24)23-13-7-8-15-30-23/h5-16,19,24H,4,17-18H2,1-3H3,(H,31,35). The molecular formula is C29H30N4O4. The number of ketones is 1. The Morgan fingerprint density at radius 3 is 2.59 bits per heavy atom. The van der Waals surface area contributed by atoms with Crippen molar-refractivity contribution in [3.05, 3.63) is 89.7 Å². The zero-order valence-corrected chi connectivity index (χ0v) is 21.2. The highest BCUT2D eigenvalue weighted by molar-refractivity contribution is 6.20. The average Bonchev–Trinajstić information content (AvgIpc) is 3.03. The molecule has 0 bridgehead atoms. The number of hydrogen-bond donors (Lipinski definition) is 1. The predicted molar refractivity (Wildman–Crippen MR) is 143 cm³/mol. The number of methoxy groups -OCH3 is 1. The third-order valence-corrected chi connectivity index (χ3v) is 6.31. The lowest BCUT2D eigenvalue weighted by Crippen LogP contribution is -2.44. The molecule has 1 aliphatic heterocycles. The number of ether oxygens (including phenoxy) is 1. The van der Waals surface area contributed by atoms with Crippen molar-refractivity contribution >= 4 is 34.7 Å². The highest BCUT2D eigenvalue weighted by atomic mass is 16.5. The summed E-state index contributed by atoms with van der Waals surface area (Å²) in [6.45, 7) is 3.48. The Balaban J connectivity index is 1.73. The van der Waals surface area contributed by atoms with Gasteiger partial charge in [0.2, 0.25) is 5.91 Å². The van der Waals surface area contributed by atoms with Gasteiger partial charge in [0, 0.05) is 24.6 Å². The number of aromatic nitrogens is 1. The van der Waals surface area contributed by atoms with Gasteiger partial charge in [-0.3, -0.25) is 24.4 Å². The molecule has 2 heterocycles. The SMILES string of the molecule is CCc1cccc(NC(=O)CC2N=C(c3ccccn3)c3ccccc3N(CC(=O)C(C)OC)C2=O)c1. The van der Waals surface area contributed by atoms with Crippen LogP contribution in [0.2, 0.25) is 0 Å². The molecule has 0 saturated heterocycles. The molecule has 2 aromatic carbocycles. The lowest BCUT2D eigenvalue weighted by atomic mass is 10.0. The smallest absolute Gasteiger partial charge is 0.252 e. The number of aliphatic imine (C=N–C) groups is 1. The van der Waals surface area contributed by atoms with Crippen LogP contribution in [0.5, 0.6) is 0 Å². The van der Waals surface area contributed by atoms with Gasteiger partial charge in [-0.2, -0.15) is 0 Å². The number of nitrogens with one attached hydrogen (secondary N) is 1. The number of aryl methyl sites for hydroxylation is 1. The van der Waals surface area contributed by atoms with Crippen molar-refractivity contribution in [2.75, 3.05) is 23.9 Å². The van der Waals surface area contributed by atoms with Crippen LogP contribution in [-0.4, -0.2) is 54.1 Å². The summed E-state index contributed by atoms with van der Waals surface area (Å²) in [6, 6.07) is 19.2. The topological polar surface area (TPSA) is 101 Å². The van der Waals surface area contributed by atoms with E-state index in [1.54, 1.807) is 37.4 Å². The van der Waals surface area contributed by atoms with Gasteiger partial charge in [0.15, 0.2) is 5.78 Å². The third-order valence-electron chi connectivity index (χ3n) is 6.31. The van der Waals surface area contributed by atoms with Gasteiger partial charge in [-0.05, 0) is 49.2 Å². The summed E-state index contributed by atoms with van der Waals surface area (Å²) in [7, 11) is 1.45. The molecule has 0 radical (unpaired) electrons. The van der Waals surface area contributed by atoms with Crippen molar-refractivity contribution in [3.8, 4) is 0 Å². The van der Waals surface area contributed by atoms with E-state index in [9.17, 15) is 14.4 Å². The fourth-order valence-corrected chi connectivity index (χ4v) is 4.16. The molecule has 1 aromatic heterocycles. The summed E-state index contributed by atoms with van der Waals surface area (Å²) in [4.78, 5) is 50.4. The Bertz CT molecular complexity index is 1320. The highest BCUT2D eigenvalue weighted by Gasteiger charge is 2.35. The first-order chi connectivity index (χ1) is 17.9. The Morgan fingerprint density at radius 2 is 1.86 bits per heavy atom. The Kier molecular flexibility index (Phi) is 8.20. The third kappa shape index (κ3) is 5.98. The fourth-order valence-electron chi connectivity index (χ4n) is 4.16. The highest BCUT2D eigenvalue weighted by Crippen LogP contribution is 2.29. The largest absolute Gasteiger partial charge is 0.374 e. The van der Waals surface area contributed by atoms with E-state index in [1.807, 2.05) is 49.4 Å². The minimum atomic E-state index is -1.05. The number of pyridine rings is 1. The number of carbonyl (C=O) groups is 3. The van der Waals surface area contributed by atoms with Crippen LogP contribution in [0.4, 0.5) is 11.4 Å². The summed E-state index contributed by atoms with van der Waals surface area (Å²) in [5.74, 6) is -1.04. The molecule has 0 aliphatic carbocycles. The maximum Gasteiger partial charge on any atom is 0.252 e. The van der Waals surface area contributed by atoms with Crippen LogP contribution in [0, 0.1) is 0 Å². The summed E-state index contributed by atoms with van der Waals surface area (Å²) in [5, 5.41) is 2.88. The molecule has 2 atom stereocenters. The number of anilines is 2. The van der Waals surface area contributed by atoms with Crippen molar-refractivity contribution in [2.45, 2.75) is 38.8 Å². The van der Waals surface area contributed by atoms with E-state index in [0.717, 1.165) is 12.0 Å². The van der Waals surface area contributed by atoms with Crippen LogP contribution < -0.4 is 10.2 Å². The first-order valence-corrected chi connectivity index (χ1v) is 12.3. The van der Waals surface area contributed by atoms with Crippen molar-refractivity contribution in [1.29, 1.82) is 0 Å². The Labute approximate surface area is 216 Å². The normalized spacial score (nSPS) is 15.9. The molecule has 2 amide bonds. The summed E-state index contributed by atoms with van der Waals surface area (Å²) in [6.07, 6.45) is 1.61. The van der Waals surface area contributed by atoms with E-state index in [1.165, 1.54) is 12.0 Å². The number of hydrogen-bond acceptors (Lipinski definition) is 6. The second-order valence-corrected chi connectivity index (χ2v) is 8.80. The van der Waals surface area contributed by atoms with Gasteiger partial charge in [0.05, 0.1) is 30.1 Å². The Morgan fingerprint density at radius 1 is 1.08 bits per heavy atom. The zero-order chi connectivity index (χ0) is 26.4. The van der Waals surface area contributed by atoms with Crippen molar-refractivity contribution in [2.24, 2.45) is 4.99 Å². The molecule has 8 nitrogen and oxygen atoms in total. The average molecular weight is 499 g/mol. The molecule has 0 fully saturated rings. The van der Waals surface area contributed by atoms with Crippen LogP contribution in [0.25, 0.3) is 0 Å².